The first-order valence-corrected chi connectivity index (χ1v) is 6.47. The number of imidazole rings is 1. The van der Waals surface area contributed by atoms with Crippen LogP contribution < -0.4 is 5.73 Å². The van der Waals surface area contributed by atoms with Gasteiger partial charge in [-0.2, -0.15) is 0 Å². The quantitative estimate of drug-likeness (QED) is 0.736. The molecule has 1 heterocycles. The van der Waals surface area contributed by atoms with Gasteiger partial charge in [-0.15, -0.1) is 0 Å². The zero-order valence-corrected chi connectivity index (χ0v) is 11.4. The minimum absolute atomic E-state index is 0.337. The minimum Gasteiger partial charge on any atom is -0.389 e. The van der Waals surface area contributed by atoms with E-state index in [-0.39, 0.29) is 0 Å². The van der Waals surface area contributed by atoms with E-state index in [1.54, 1.807) is 12.4 Å². The van der Waals surface area contributed by atoms with E-state index in [0.29, 0.717) is 10.0 Å². The lowest BCUT2D eigenvalue weighted by Gasteiger charge is -2.10. The molecule has 5 heteroatoms. The molecular weight excluding hydrogens is 278 g/mol. The van der Waals surface area contributed by atoms with Gasteiger partial charge < -0.3 is 5.73 Å². The van der Waals surface area contributed by atoms with Crippen LogP contribution in [-0.4, -0.2) is 14.5 Å². The van der Waals surface area contributed by atoms with Gasteiger partial charge in [0, 0.05) is 10.6 Å². The second kappa shape index (κ2) is 4.64. The molecule has 0 fully saturated rings. The Morgan fingerprint density at radius 3 is 2.79 bits per heavy atom. The molecule has 2 aromatic carbocycles. The van der Waals surface area contributed by atoms with Gasteiger partial charge in [0.2, 0.25) is 0 Å². The highest BCUT2D eigenvalue weighted by Crippen LogP contribution is 2.24. The number of hydrogen-bond donors (Lipinski definition) is 1. The fourth-order valence-electron chi connectivity index (χ4n) is 2.06. The van der Waals surface area contributed by atoms with Crippen molar-refractivity contribution >= 4 is 39.8 Å². The first-order chi connectivity index (χ1) is 9.16. The lowest BCUT2D eigenvalue weighted by Crippen LogP contribution is -2.13. The maximum Gasteiger partial charge on any atom is 0.106 e. The van der Waals surface area contributed by atoms with Crippen LogP contribution in [0.3, 0.4) is 0 Å². The molecule has 19 heavy (non-hydrogen) atoms. The molecule has 94 valence electrons. The number of aromatic nitrogens is 2. The van der Waals surface area contributed by atoms with E-state index in [1.807, 2.05) is 41.0 Å². The number of hydrogen-bond acceptors (Lipinski definition) is 2. The Morgan fingerprint density at radius 2 is 2.00 bits per heavy atom. The summed E-state index contributed by atoms with van der Waals surface area (Å²) in [7, 11) is 0. The number of halogens is 1. The first-order valence-electron chi connectivity index (χ1n) is 5.68. The molecule has 0 saturated carbocycles. The van der Waals surface area contributed by atoms with E-state index < -0.39 is 0 Å². The molecule has 0 aliphatic heterocycles. The SMILES string of the molecule is NC(=S)c1ccc(Cl)cc1-n1cnc2ccccc21. The molecule has 0 aliphatic carbocycles. The van der Waals surface area contributed by atoms with E-state index in [0.717, 1.165) is 22.3 Å². The van der Waals surface area contributed by atoms with Crippen LogP contribution in [0.25, 0.3) is 16.7 Å². The van der Waals surface area contributed by atoms with E-state index in [4.69, 9.17) is 29.6 Å². The molecule has 2 N–H and O–H groups in total. The molecule has 0 amide bonds. The van der Waals surface area contributed by atoms with Crippen molar-refractivity contribution in [1.29, 1.82) is 0 Å². The third-order valence-electron chi connectivity index (χ3n) is 2.94. The van der Waals surface area contributed by atoms with Crippen molar-refractivity contribution in [1.82, 2.24) is 9.55 Å². The van der Waals surface area contributed by atoms with E-state index in [1.165, 1.54) is 0 Å². The molecule has 0 saturated heterocycles. The standard InChI is InChI=1S/C14H10ClN3S/c15-9-5-6-10(14(16)19)13(7-9)18-8-17-11-3-1-2-4-12(11)18/h1-8H,(H2,16,19). The molecule has 3 rings (SSSR count). The van der Waals surface area contributed by atoms with E-state index in [9.17, 15) is 0 Å². The van der Waals surface area contributed by atoms with Crippen LogP contribution in [0.15, 0.2) is 48.8 Å². The maximum absolute atomic E-state index is 6.07. The van der Waals surface area contributed by atoms with Gasteiger partial charge in [0.1, 0.15) is 11.3 Å². The topological polar surface area (TPSA) is 43.8 Å². The summed E-state index contributed by atoms with van der Waals surface area (Å²) in [4.78, 5) is 4.70. The molecule has 0 aliphatic rings. The Balaban J connectivity index is 2.32. The van der Waals surface area contributed by atoms with Crippen molar-refractivity contribution in [3.8, 4) is 5.69 Å². The molecule has 0 spiro atoms. The number of thiocarbonyl (C=S) groups is 1. The molecule has 3 nitrogen and oxygen atoms in total. The van der Waals surface area contributed by atoms with E-state index in [2.05, 4.69) is 4.98 Å². The van der Waals surface area contributed by atoms with Gasteiger partial charge in [-0.05, 0) is 30.3 Å². The molecule has 0 unspecified atom stereocenters. The summed E-state index contributed by atoms with van der Waals surface area (Å²) in [5.41, 5.74) is 9.29. The minimum atomic E-state index is 0.337. The Morgan fingerprint density at radius 1 is 1.21 bits per heavy atom. The third kappa shape index (κ3) is 2.09. The maximum atomic E-state index is 6.07. The fourth-order valence-corrected chi connectivity index (χ4v) is 2.40. The van der Waals surface area contributed by atoms with Crippen LogP contribution in [0.1, 0.15) is 5.56 Å². The lowest BCUT2D eigenvalue weighted by atomic mass is 10.1. The third-order valence-corrected chi connectivity index (χ3v) is 3.39. The van der Waals surface area contributed by atoms with Gasteiger partial charge in [0.15, 0.2) is 0 Å². The predicted octanol–water partition coefficient (Wildman–Crippen LogP) is 3.31. The van der Waals surface area contributed by atoms with Crippen molar-refractivity contribution in [2.75, 3.05) is 0 Å². The first kappa shape index (κ1) is 12.1. The Hall–Kier alpha value is -1.91. The van der Waals surface area contributed by atoms with Gasteiger partial charge in [0.05, 0.1) is 16.7 Å². The van der Waals surface area contributed by atoms with Gasteiger partial charge in [-0.3, -0.25) is 4.57 Å². The summed E-state index contributed by atoms with van der Waals surface area (Å²) < 4.78 is 1.94. The smallest absolute Gasteiger partial charge is 0.106 e. The number of nitrogens with two attached hydrogens (primary N) is 1. The molecule has 0 atom stereocenters. The summed E-state index contributed by atoms with van der Waals surface area (Å²) in [6, 6.07) is 13.3. The van der Waals surface area contributed by atoms with Crippen molar-refractivity contribution in [2.24, 2.45) is 5.73 Å². The molecule has 0 bridgehead atoms. The molecule has 0 radical (unpaired) electrons. The monoisotopic (exact) mass is 287 g/mol. The van der Waals surface area contributed by atoms with Crippen molar-refractivity contribution < 1.29 is 0 Å². The van der Waals surface area contributed by atoms with Gasteiger partial charge in [-0.25, -0.2) is 4.98 Å². The number of fused-ring (bicyclic) bond motifs is 1. The van der Waals surface area contributed by atoms with Crippen LogP contribution >= 0.6 is 23.8 Å². The lowest BCUT2D eigenvalue weighted by molar-refractivity contribution is 1.09. The van der Waals surface area contributed by atoms with Crippen LogP contribution in [0.4, 0.5) is 0 Å². The second-order valence-electron chi connectivity index (χ2n) is 4.13. The largest absolute Gasteiger partial charge is 0.389 e. The summed E-state index contributed by atoms with van der Waals surface area (Å²) in [5.74, 6) is 0. The molecule has 1 aromatic heterocycles. The van der Waals surface area contributed by atoms with Crippen LogP contribution in [-0.2, 0) is 0 Å². The molecule has 3 aromatic rings. The van der Waals surface area contributed by atoms with Gasteiger partial charge in [-0.1, -0.05) is 36.0 Å². The summed E-state index contributed by atoms with van der Waals surface area (Å²) >= 11 is 11.2. The van der Waals surface area contributed by atoms with Crippen LogP contribution in [0, 0.1) is 0 Å². The zero-order valence-electron chi connectivity index (χ0n) is 9.88. The number of para-hydroxylation sites is 2. The Kier molecular flexibility index (Phi) is 2.97. The summed E-state index contributed by atoms with van der Waals surface area (Å²) in [6.07, 6.45) is 1.75. The highest BCUT2D eigenvalue weighted by molar-refractivity contribution is 7.80. The number of rotatable bonds is 2. The predicted molar refractivity (Wildman–Crippen MR) is 82.0 cm³/mol. The van der Waals surface area contributed by atoms with Crippen LogP contribution in [0.5, 0.6) is 0 Å². The second-order valence-corrected chi connectivity index (χ2v) is 5.01. The normalized spacial score (nSPS) is 10.8. The van der Waals surface area contributed by atoms with Crippen LogP contribution in [0.2, 0.25) is 5.02 Å². The molecular formula is C14H10ClN3S. The van der Waals surface area contributed by atoms with Crippen molar-refractivity contribution in [3.05, 3.63) is 59.4 Å². The number of nitrogens with zero attached hydrogens (tertiary/aromatic N) is 2. The van der Waals surface area contributed by atoms with Gasteiger partial charge in [0.25, 0.3) is 0 Å². The van der Waals surface area contributed by atoms with E-state index >= 15 is 0 Å². The average molecular weight is 288 g/mol. The highest BCUT2D eigenvalue weighted by Gasteiger charge is 2.11. The van der Waals surface area contributed by atoms with Crippen molar-refractivity contribution in [2.45, 2.75) is 0 Å². The fraction of sp³-hybridized carbons (Fsp3) is 0. The Labute approximate surface area is 120 Å². The summed E-state index contributed by atoms with van der Waals surface area (Å²) in [6.45, 7) is 0. The zero-order chi connectivity index (χ0) is 13.4. The average Bonchev–Trinajstić information content (AvgIpc) is 2.82. The highest BCUT2D eigenvalue weighted by atomic mass is 35.5. The Bertz CT molecular complexity index is 779. The van der Waals surface area contributed by atoms with Crippen molar-refractivity contribution in [3.63, 3.8) is 0 Å². The number of benzene rings is 2. The summed E-state index contributed by atoms with van der Waals surface area (Å²) in [5, 5.41) is 0.632. The van der Waals surface area contributed by atoms with Gasteiger partial charge >= 0.3 is 0 Å².